The number of hydrogen-bond acceptors (Lipinski definition) is 8. The molecule has 0 aromatic heterocycles. The molecule has 1 aliphatic heterocycles. The standard InChI is InChI=1S/C43H75NO7/c1-5-8-10-12-13-14-15-16-17-18-19-20-21-22-23-24-26-29-41(45)48-35-40(37-51-43(47)50-34-39-30-31-44(4)33-39)36-49-42(46)32-38(27-7-3)28-25-11-9-6-2/h14-15,17-18,32,39-40H,5-13,16,19-31,33-37H2,1-4H3/b15-14-,18-17-,38-32+. The maximum Gasteiger partial charge on any atom is 0.508 e. The number of ether oxygens (including phenoxy) is 4. The first kappa shape index (κ1) is 46.4. The molecule has 1 heterocycles. The van der Waals surface area contributed by atoms with Gasteiger partial charge in [-0.25, -0.2) is 9.59 Å². The SMILES string of the molecule is CCCCCC/C=C\C/C=C\CCCCCCCCC(=O)OCC(COC(=O)/C=C(\CCC)CCCCCC)COC(=O)OCC1CCN(C)C1. The van der Waals surface area contributed by atoms with Crippen LogP contribution in [0.4, 0.5) is 4.79 Å². The Morgan fingerprint density at radius 1 is 0.647 bits per heavy atom. The Morgan fingerprint density at radius 3 is 1.88 bits per heavy atom. The summed E-state index contributed by atoms with van der Waals surface area (Å²) < 4.78 is 21.8. The Hall–Kier alpha value is -2.61. The zero-order chi connectivity index (χ0) is 37.2. The Kier molecular flexibility index (Phi) is 30.2. The van der Waals surface area contributed by atoms with Crippen molar-refractivity contribution in [3.05, 3.63) is 36.0 Å². The summed E-state index contributed by atoms with van der Waals surface area (Å²) in [4.78, 5) is 39.8. The Labute approximate surface area is 312 Å². The van der Waals surface area contributed by atoms with Crippen molar-refractivity contribution in [1.82, 2.24) is 4.90 Å². The van der Waals surface area contributed by atoms with Gasteiger partial charge in [0.1, 0.15) is 19.8 Å². The molecule has 0 radical (unpaired) electrons. The Morgan fingerprint density at radius 2 is 1.24 bits per heavy atom. The lowest BCUT2D eigenvalue weighted by atomic mass is 10.0. The molecule has 294 valence electrons. The van der Waals surface area contributed by atoms with E-state index in [4.69, 9.17) is 18.9 Å². The lowest BCUT2D eigenvalue weighted by Crippen LogP contribution is -2.27. The minimum Gasteiger partial charge on any atom is -0.465 e. The molecule has 8 heteroatoms. The first-order valence-corrected chi connectivity index (χ1v) is 20.7. The number of likely N-dealkylation sites (tertiary alicyclic amines) is 1. The van der Waals surface area contributed by atoms with Gasteiger partial charge in [0.15, 0.2) is 0 Å². The summed E-state index contributed by atoms with van der Waals surface area (Å²) in [6, 6.07) is 0. The summed E-state index contributed by atoms with van der Waals surface area (Å²) in [6.45, 7) is 8.68. The second-order valence-electron chi connectivity index (χ2n) is 14.5. The number of carbonyl (C=O) groups excluding carboxylic acids is 3. The predicted octanol–water partition coefficient (Wildman–Crippen LogP) is 11.1. The highest BCUT2D eigenvalue weighted by Crippen LogP contribution is 2.17. The average Bonchev–Trinajstić information content (AvgIpc) is 3.54. The third kappa shape index (κ3) is 28.6. The van der Waals surface area contributed by atoms with E-state index in [9.17, 15) is 14.4 Å². The highest BCUT2D eigenvalue weighted by molar-refractivity contribution is 5.82. The van der Waals surface area contributed by atoms with E-state index in [1.165, 1.54) is 64.2 Å². The van der Waals surface area contributed by atoms with Gasteiger partial charge in [-0.2, -0.15) is 0 Å². The van der Waals surface area contributed by atoms with Gasteiger partial charge in [0.2, 0.25) is 0 Å². The van der Waals surface area contributed by atoms with Crippen LogP contribution in [0.25, 0.3) is 0 Å². The van der Waals surface area contributed by atoms with Crippen LogP contribution in [0.5, 0.6) is 0 Å². The smallest absolute Gasteiger partial charge is 0.465 e. The third-order valence-corrected chi connectivity index (χ3v) is 9.38. The minimum atomic E-state index is -0.749. The summed E-state index contributed by atoms with van der Waals surface area (Å²) in [5, 5.41) is 0. The van der Waals surface area contributed by atoms with E-state index >= 15 is 0 Å². The quantitative estimate of drug-likeness (QED) is 0.0223. The van der Waals surface area contributed by atoms with Crippen LogP contribution in [-0.2, 0) is 28.5 Å². The van der Waals surface area contributed by atoms with Gasteiger partial charge in [0, 0.05) is 25.0 Å². The number of nitrogens with zero attached hydrogens (tertiary/aromatic N) is 1. The monoisotopic (exact) mass is 718 g/mol. The molecule has 0 aromatic carbocycles. The molecule has 1 fully saturated rings. The van der Waals surface area contributed by atoms with Crippen LogP contribution in [0.2, 0.25) is 0 Å². The lowest BCUT2D eigenvalue weighted by molar-refractivity contribution is -0.148. The van der Waals surface area contributed by atoms with Gasteiger partial charge in [-0.15, -0.1) is 0 Å². The summed E-state index contributed by atoms with van der Waals surface area (Å²) in [7, 11) is 2.05. The van der Waals surface area contributed by atoms with Gasteiger partial charge in [-0.1, -0.05) is 121 Å². The summed E-state index contributed by atoms with van der Waals surface area (Å²) in [6.07, 6.45) is 33.8. The fourth-order valence-electron chi connectivity index (χ4n) is 6.22. The summed E-state index contributed by atoms with van der Waals surface area (Å²) in [5.74, 6) is -0.863. The molecular formula is C43H75NO7. The van der Waals surface area contributed by atoms with Gasteiger partial charge in [0.05, 0.1) is 12.5 Å². The molecule has 0 aliphatic carbocycles. The largest absolute Gasteiger partial charge is 0.508 e. The minimum absolute atomic E-state index is 0.0104. The van der Waals surface area contributed by atoms with Crippen LogP contribution in [-0.4, -0.2) is 69.6 Å². The molecule has 0 amide bonds. The molecule has 1 rings (SSSR count). The van der Waals surface area contributed by atoms with E-state index in [0.29, 0.717) is 18.9 Å². The molecular weight excluding hydrogens is 642 g/mol. The van der Waals surface area contributed by atoms with E-state index in [1.807, 2.05) is 0 Å². The van der Waals surface area contributed by atoms with E-state index in [0.717, 1.165) is 89.3 Å². The van der Waals surface area contributed by atoms with Crippen molar-refractivity contribution in [3.63, 3.8) is 0 Å². The number of unbranched alkanes of at least 4 members (excludes halogenated alkanes) is 13. The van der Waals surface area contributed by atoms with Crippen LogP contribution in [0.1, 0.15) is 162 Å². The van der Waals surface area contributed by atoms with E-state index in [-0.39, 0.29) is 25.8 Å². The Balaban J connectivity index is 2.37. The molecule has 2 unspecified atom stereocenters. The van der Waals surface area contributed by atoms with Crippen molar-refractivity contribution in [3.8, 4) is 0 Å². The molecule has 0 N–H and O–H groups in total. The number of carbonyl (C=O) groups is 3. The predicted molar refractivity (Wildman–Crippen MR) is 209 cm³/mol. The van der Waals surface area contributed by atoms with Gasteiger partial charge in [-0.05, 0) is 77.8 Å². The summed E-state index contributed by atoms with van der Waals surface area (Å²) >= 11 is 0. The zero-order valence-electron chi connectivity index (χ0n) is 33.1. The van der Waals surface area contributed by atoms with Crippen LogP contribution in [0.3, 0.4) is 0 Å². The van der Waals surface area contributed by atoms with Crippen LogP contribution in [0, 0.1) is 11.8 Å². The van der Waals surface area contributed by atoms with Crippen molar-refractivity contribution in [2.24, 2.45) is 11.8 Å². The molecule has 0 saturated carbocycles. The van der Waals surface area contributed by atoms with Crippen molar-refractivity contribution < 1.29 is 33.3 Å². The number of allylic oxidation sites excluding steroid dienone is 5. The maximum atomic E-state index is 12.7. The number of rotatable bonds is 32. The molecule has 8 nitrogen and oxygen atoms in total. The van der Waals surface area contributed by atoms with Gasteiger partial charge < -0.3 is 23.8 Å². The average molecular weight is 718 g/mol. The highest BCUT2D eigenvalue weighted by atomic mass is 16.7. The van der Waals surface area contributed by atoms with Crippen LogP contribution in [0.15, 0.2) is 36.0 Å². The van der Waals surface area contributed by atoms with Gasteiger partial charge in [0.25, 0.3) is 0 Å². The van der Waals surface area contributed by atoms with Gasteiger partial charge >= 0.3 is 18.1 Å². The van der Waals surface area contributed by atoms with E-state index in [1.54, 1.807) is 6.08 Å². The first-order valence-electron chi connectivity index (χ1n) is 20.7. The maximum absolute atomic E-state index is 12.7. The molecule has 1 saturated heterocycles. The topological polar surface area (TPSA) is 91.4 Å². The second kappa shape index (κ2) is 33.2. The van der Waals surface area contributed by atoms with Crippen LogP contribution < -0.4 is 0 Å². The fraction of sp³-hybridized carbons (Fsp3) is 0.791. The first-order chi connectivity index (χ1) is 24.9. The normalized spacial score (nSPS) is 15.8. The van der Waals surface area contributed by atoms with Crippen molar-refractivity contribution >= 4 is 18.1 Å². The third-order valence-electron chi connectivity index (χ3n) is 9.38. The van der Waals surface area contributed by atoms with Crippen molar-refractivity contribution in [1.29, 1.82) is 0 Å². The second-order valence-corrected chi connectivity index (χ2v) is 14.5. The zero-order valence-corrected chi connectivity index (χ0v) is 33.1. The molecule has 2 atom stereocenters. The molecule has 0 aromatic rings. The highest BCUT2D eigenvalue weighted by Gasteiger charge is 2.22. The Bertz CT molecular complexity index is 975. The van der Waals surface area contributed by atoms with E-state index in [2.05, 4.69) is 57.0 Å². The summed E-state index contributed by atoms with van der Waals surface area (Å²) in [5.41, 5.74) is 1.10. The van der Waals surface area contributed by atoms with Crippen molar-refractivity contribution in [2.45, 2.75) is 162 Å². The molecule has 0 spiro atoms. The van der Waals surface area contributed by atoms with Gasteiger partial charge in [-0.3, -0.25) is 4.79 Å². The van der Waals surface area contributed by atoms with E-state index < -0.39 is 18.0 Å². The number of esters is 2. The molecule has 51 heavy (non-hydrogen) atoms. The lowest BCUT2D eigenvalue weighted by Gasteiger charge is -2.18. The number of hydrogen-bond donors (Lipinski definition) is 0. The molecule has 1 aliphatic rings. The fourth-order valence-corrected chi connectivity index (χ4v) is 6.22. The van der Waals surface area contributed by atoms with Crippen molar-refractivity contribution in [2.75, 3.05) is 46.6 Å². The molecule has 0 bridgehead atoms. The van der Waals surface area contributed by atoms with Crippen LogP contribution >= 0.6 is 0 Å².